The van der Waals surface area contributed by atoms with Crippen LogP contribution in [0.1, 0.15) is 56.6 Å². The summed E-state index contributed by atoms with van der Waals surface area (Å²) >= 11 is 0. The molecule has 0 aromatic carbocycles. The largest absolute Gasteiger partial charge is 0.444 e. The molecule has 0 amide bonds. The van der Waals surface area contributed by atoms with E-state index in [2.05, 4.69) is 17.2 Å². The smallest absolute Gasteiger partial charge is 0.391 e. The molecule has 6 heteroatoms. The molecule has 1 aromatic heterocycles. The molecule has 2 rings (SSSR count). The Hall–Kier alpha value is -1.04. The molecule has 114 valence electrons. The van der Waals surface area contributed by atoms with E-state index in [1.807, 2.05) is 0 Å². The van der Waals surface area contributed by atoms with Crippen molar-refractivity contribution < 1.29 is 17.6 Å². The number of halogens is 3. The van der Waals surface area contributed by atoms with E-state index in [9.17, 15) is 13.2 Å². The molecule has 1 N–H and O–H groups in total. The minimum Gasteiger partial charge on any atom is -0.444 e. The number of hydrogen-bond acceptors (Lipinski definition) is 3. The van der Waals surface area contributed by atoms with E-state index in [4.69, 9.17) is 4.42 Å². The van der Waals surface area contributed by atoms with E-state index >= 15 is 0 Å². The maximum absolute atomic E-state index is 12.8. The second kappa shape index (κ2) is 6.61. The van der Waals surface area contributed by atoms with Gasteiger partial charge in [0.05, 0.1) is 18.7 Å². The Morgan fingerprint density at radius 3 is 2.90 bits per heavy atom. The van der Waals surface area contributed by atoms with Crippen LogP contribution in [-0.4, -0.2) is 17.7 Å². The van der Waals surface area contributed by atoms with Crippen LogP contribution in [0.2, 0.25) is 0 Å². The van der Waals surface area contributed by atoms with Gasteiger partial charge in [-0.1, -0.05) is 13.3 Å². The molecular weight excluding hydrogens is 269 g/mol. The van der Waals surface area contributed by atoms with Gasteiger partial charge in [0.15, 0.2) is 0 Å². The first-order chi connectivity index (χ1) is 9.50. The maximum atomic E-state index is 12.8. The first-order valence-electron chi connectivity index (χ1n) is 7.22. The second-order valence-electron chi connectivity index (χ2n) is 5.44. The van der Waals surface area contributed by atoms with Crippen molar-refractivity contribution in [2.24, 2.45) is 5.92 Å². The lowest BCUT2D eigenvalue weighted by Crippen LogP contribution is -2.27. The Morgan fingerprint density at radius 2 is 2.20 bits per heavy atom. The quantitative estimate of drug-likeness (QED) is 0.833. The van der Waals surface area contributed by atoms with Crippen molar-refractivity contribution in [2.75, 3.05) is 6.54 Å². The van der Waals surface area contributed by atoms with Gasteiger partial charge < -0.3 is 9.73 Å². The molecule has 3 nitrogen and oxygen atoms in total. The Morgan fingerprint density at radius 1 is 1.40 bits per heavy atom. The predicted molar refractivity (Wildman–Crippen MR) is 69.3 cm³/mol. The minimum atomic E-state index is -4.09. The predicted octanol–water partition coefficient (Wildman–Crippen LogP) is 4.01. The summed E-state index contributed by atoms with van der Waals surface area (Å²) in [4.78, 5) is 4.14. The number of aromatic nitrogens is 1. The van der Waals surface area contributed by atoms with E-state index in [0.717, 1.165) is 19.4 Å². The number of nitrogens with zero attached hydrogens (tertiary/aromatic N) is 1. The lowest BCUT2D eigenvalue weighted by atomic mass is 9.80. The average Bonchev–Trinajstić information content (AvgIpc) is 2.87. The fourth-order valence-electron chi connectivity index (χ4n) is 2.71. The SMILES string of the molecule is CCCNCc1ncc(C2CCCC(C(F)(F)F)C2)o1. The highest BCUT2D eigenvalue weighted by atomic mass is 19.4. The van der Waals surface area contributed by atoms with E-state index in [-0.39, 0.29) is 18.8 Å². The molecule has 0 spiro atoms. The van der Waals surface area contributed by atoms with Crippen molar-refractivity contribution in [3.63, 3.8) is 0 Å². The van der Waals surface area contributed by atoms with E-state index in [0.29, 0.717) is 24.6 Å². The highest BCUT2D eigenvalue weighted by Crippen LogP contribution is 2.43. The van der Waals surface area contributed by atoms with Crippen molar-refractivity contribution in [3.05, 3.63) is 17.8 Å². The number of oxazole rings is 1. The van der Waals surface area contributed by atoms with Gasteiger partial charge in [0.1, 0.15) is 5.76 Å². The number of nitrogens with one attached hydrogen (secondary N) is 1. The van der Waals surface area contributed by atoms with Crippen LogP contribution in [0.25, 0.3) is 0 Å². The van der Waals surface area contributed by atoms with E-state index in [1.54, 1.807) is 6.20 Å². The molecule has 1 fully saturated rings. The van der Waals surface area contributed by atoms with Gasteiger partial charge >= 0.3 is 6.18 Å². The van der Waals surface area contributed by atoms with Gasteiger partial charge in [-0.25, -0.2) is 4.98 Å². The summed E-state index contributed by atoms with van der Waals surface area (Å²) in [6, 6.07) is 0. The first kappa shape index (κ1) is 15.4. The third kappa shape index (κ3) is 3.98. The Kier molecular flexibility index (Phi) is 5.07. The van der Waals surface area contributed by atoms with Crippen LogP contribution in [0.4, 0.5) is 13.2 Å². The van der Waals surface area contributed by atoms with Gasteiger partial charge in [-0.3, -0.25) is 0 Å². The Labute approximate surface area is 117 Å². The van der Waals surface area contributed by atoms with E-state index in [1.165, 1.54) is 0 Å². The second-order valence-corrected chi connectivity index (χ2v) is 5.44. The minimum absolute atomic E-state index is 0.126. The zero-order valence-corrected chi connectivity index (χ0v) is 11.7. The maximum Gasteiger partial charge on any atom is 0.391 e. The standard InChI is InChI=1S/C14H21F3N2O/c1-2-6-18-9-13-19-8-12(20-13)10-4-3-5-11(7-10)14(15,16)17/h8,10-11,18H,2-7,9H2,1H3. The fourth-order valence-corrected chi connectivity index (χ4v) is 2.71. The third-order valence-corrected chi connectivity index (χ3v) is 3.81. The van der Waals surface area contributed by atoms with Gasteiger partial charge in [0.25, 0.3) is 0 Å². The van der Waals surface area contributed by atoms with Crippen LogP contribution in [0.3, 0.4) is 0 Å². The van der Waals surface area contributed by atoms with Crippen LogP contribution in [0.15, 0.2) is 10.6 Å². The van der Waals surface area contributed by atoms with Crippen LogP contribution in [0, 0.1) is 5.92 Å². The van der Waals surface area contributed by atoms with Gasteiger partial charge in [-0.2, -0.15) is 13.2 Å². The first-order valence-corrected chi connectivity index (χ1v) is 7.22. The molecular formula is C14H21F3N2O. The molecule has 2 unspecified atom stereocenters. The normalized spacial score (nSPS) is 24.0. The van der Waals surface area contributed by atoms with E-state index < -0.39 is 12.1 Å². The van der Waals surface area contributed by atoms with Crippen LogP contribution in [0.5, 0.6) is 0 Å². The fraction of sp³-hybridized carbons (Fsp3) is 0.786. The summed E-state index contributed by atoms with van der Waals surface area (Å²) < 4.78 is 43.9. The van der Waals surface area contributed by atoms with Crippen molar-refractivity contribution in [1.29, 1.82) is 0 Å². The zero-order chi connectivity index (χ0) is 14.6. The molecule has 2 atom stereocenters. The third-order valence-electron chi connectivity index (χ3n) is 3.81. The molecule has 1 saturated carbocycles. The Bertz CT molecular complexity index is 417. The van der Waals surface area contributed by atoms with Crippen molar-refractivity contribution >= 4 is 0 Å². The molecule has 0 saturated heterocycles. The summed E-state index contributed by atoms with van der Waals surface area (Å²) in [5.74, 6) is -0.189. The number of hydrogen-bond donors (Lipinski definition) is 1. The summed E-state index contributed by atoms with van der Waals surface area (Å²) in [6.45, 7) is 3.47. The molecule has 20 heavy (non-hydrogen) atoms. The molecule has 0 aliphatic heterocycles. The van der Waals surface area contributed by atoms with Crippen molar-refractivity contribution in [2.45, 2.75) is 57.7 Å². The zero-order valence-electron chi connectivity index (χ0n) is 11.7. The van der Waals surface area contributed by atoms with Gasteiger partial charge in [-0.15, -0.1) is 0 Å². The molecule has 0 bridgehead atoms. The van der Waals surface area contributed by atoms with Gasteiger partial charge in [0.2, 0.25) is 5.89 Å². The average molecular weight is 290 g/mol. The molecule has 1 aliphatic rings. The number of alkyl halides is 3. The summed E-state index contributed by atoms with van der Waals surface area (Å²) in [7, 11) is 0. The summed E-state index contributed by atoms with van der Waals surface area (Å²) in [5.41, 5.74) is 0. The number of rotatable bonds is 5. The highest BCUT2D eigenvalue weighted by Gasteiger charge is 2.43. The molecule has 0 radical (unpaired) electrons. The highest BCUT2D eigenvalue weighted by molar-refractivity contribution is 5.04. The van der Waals surface area contributed by atoms with Crippen LogP contribution in [-0.2, 0) is 6.54 Å². The molecule has 1 aliphatic carbocycles. The monoisotopic (exact) mass is 290 g/mol. The lowest BCUT2D eigenvalue weighted by molar-refractivity contribution is -0.183. The molecule has 1 aromatic rings. The lowest BCUT2D eigenvalue weighted by Gasteiger charge is -2.29. The molecule has 1 heterocycles. The van der Waals surface area contributed by atoms with Gasteiger partial charge in [-0.05, 0) is 32.2 Å². The summed E-state index contributed by atoms with van der Waals surface area (Å²) in [6.07, 6.45) is 0.224. The van der Waals surface area contributed by atoms with Crippen LogP contribution < -0.4 is 5.32 Å². The summed E-state index contributed by atoms with van der Waals surface area (Å²) in [5, 5.41) is 3.16. The Balaban J connectivity index is 1.94. The van der Waals surface area contributed by atoms with Crippen molar-refractivity contribution in [1.82, 2.24) is 10.3 Å². The van der Waals surface area contributed by atoms with Crippen LogP contribution >= 0.6 is 0 Å². The topological polar surface area (TPSA) is 38.1 Å². The van der Waals surface area contributed by atoms with Crippen molar-refractivity contribution in [3.8, 4) is 0 Å². The van der Waals surface area contributed by atoms with Gasteiger partial charge in [0, 0.05) is 5.92 Å².